The predicted octanol–water partition coefficient (Wildman–Crippen LogP) is 4.97. The fourth-order valence-corrected chi connectivity index (χ4v) is 7.10. The van der Waals surface area contributed by atoms with Crippen LogP contribution in [0.25, 0.3) is 10.1 Å². The molecule has 2 aliphatic rings. The molecule has 3 heterocycles. The monoisotopic (exact) mass is 638 g/mol. The van der Waals surface area contributed by atoms with Crippen molar-refractivity contribution in [3.8, 4) is 0 Å². The lowest BCUT2D eigenvalue weighted by atomic mass is 9.99. The third-order valence-electron chi connectivity index (χ3n) is 6.90. The Bertz CT molecular complexity index is 1680. The lowest BCUT2D eigenvalue weighted by Crippen LogP contribution is -2.72. The van der Waals surface area contributed by atoms with Crippen LogP contribution >= 0.6 is 23.1 Å². The van der Waals surface area contributed by atoms with Gasteiger partial charge in [0.15, 0.2) is 0 Å². The molecule has 1 fully saturated rings. The molecule has 2 aliphatic heterocycles. The number of esters is 1. The third-order valence-corrected chi connectivity index (χ3v) is 9.20. The molecule has 3 amide bonds. The van der Waals surface area contributed by atoms with Crippen molar-refractivity contribution in [3.63, 3.8) is 0 Å². The standard InChI is InChI=1S/C30H30N4O8S2/c1-17-16-44-27-25(26(36)33(27)24(17)28(37)41-15-18-8-10-19(11-9-18)34(39)40)32(21-6-5-7-22-20(21)12-13-43-22)23(35)14-31-29(38)42-30(2,3)4/h5-13,25,27H,14-16H2,1-4H3,(H,31,38)/t25-,27+/m1/s1. The van der Waals surface area contributed by atoms with Gasteiger partial charge < -0.3 is 14.8 Å². The first kappa shape index (κ1) is 31.0. The normalized spacial score (nSPS) is 17.9. The summed E-state index contributed by atoms with van der Waals surface area (Å²) in [7, 11) is 0. The number of nitro groups is 1. The Labute approximate surface area is 261 Å². The van der Waals surface area contributed by atoms with E-state index in [0.29, 0.717) is 22.6 Å². The average molecular weight is 639 g/mol. The van der Waals surface area contributed by atoms with Crippen LogP contribution in [0.2, 0.25) is 0 Å². The Hall–Kier alpha value is -4.43. The molecular weight excluding hydrogens is 608 g/mol. The number of amides is 3. The van der Waals surface area contributed by atoms with Crippen LogP contribution in [-0.2, 0) is 30.5 Å². The number of thioether (sulfide) groups is 1. The summed E-state index contributed by atoms with van der Waals surface area (Å²) in [5.74, 6) is -1.25. The second kappa shape index (κ2) is 12.3. The number of nitro benzene ring substituents is 1. The van der Waals surface area contributed by atoms with Gasteiger partial charge in [-0.3, -0.25) is 29.5 Å². The van der Waals surface area contributed by atoms with Crippen molar-refractivity contribution in [1.29, 1.82) is 0 Å². The maximum atomic E-state index is 13.9. The minimum Gasteiger partial charge on any atom is -0.456 e. The van der Waals surface area contributed by atoms with E-state index >= 15 is 0 Å². The summed E-state index contributed by atoms with van der Waals surface area (Å²) in [6.45, 7) is 6.33. The van der Waals surface area contributed by atoms with Gasteiger partial charge in [-0.15, -0.1) is 23.1 Å². The molecule has 0 aliphatic carbocycles. The molecule has 230 valence electrons. The van der Waals surface area contributed by atoms with Crippen molar-refractivity contribution in [2.45, 2.75) is 51.3 Å². The van der Waals surface area contributed by atoms with E-state index < -0.39 is 52.4 Å². The number of fused-ring (bicyclic) bond motifs is 2. The van der Waals surface area contributed by atoms with E-state index in [2.05, 4.69) is 5.32 Å². The Balaban J connectivity index is 1.37. The van der Waals surface area contributed by atoms with E-state index in [1.54, 1.807) is 39.8 Å². The number of nitrogens with zero attached hydrogens (tertiary/aromatic N) is 3. The lowest BCUT2D eigenvalue weighted by molar-refractivity contribution is -0.384. The van der Waals surface area contributed by atoms with Gasteiger partial charge in [-0.1, -0.05) is 6.07 Å². The number of carbonyl (C=O) groups excluding carboxylic acids is 4. The summed E-state index contributed by atoms with van der Waals surface area (Å²) < 4.78 is 11.7. The largest absolute Gasteiger partial charge is 0.456 e. The number of hydrogen-bond donors (Lipinski definition) is 1. The number of rotatable bonds is 8. The van der Waals surface area contributed by atoms with Crippen LogP contribution < -0.4 is 10.2 Å². The molecule has 0 bridgehead atoms. The first-order valence-electron chi connectivity index (χ1n) is 13.7. The number of non-ortho nitro benzene ring substituents is 1. The molecule has 2 aromatic carbocycles. The number of alkyl carbamates (subject to hydrolysis) is 1. The highest BCUT2D eigenvalue weighted by Crippen LogP contribution is 2.45. The minimum atomic E-state index is -0.941. The number of ether oxygens (including phenoxy) is 2. The average Bonchev–Trinajstić information content (AvgIpc) is 3.46. The van der Waals surface area contributed by atoms with E-state index in [0.717, 1.165) is 10.1 Å². The quantitative estimate of drug-likeness (QED) is 0.156. The molecule has 1 saturated heterocycles. The first-order valence-corrected chi connectivity index (χ1v) is 15.6. The summed E-state index contributed by atoms with van der Waals surface area (Å²) >= 11 is 2.92. The zero-order valence-corrected chi connectivity index (χ0v) is 26.0. The van der Waals surface area contributed by atoms with E-state index in [-0.39, 0.29) is 18.0 Å². The molecule has 1 aromatic heterocycles. The number of benzene rings is 2. The second-order valence-electron chi connectivity index (χ2n) is 11.2. The number of thiophene rings is 1. The predicted molar refractivity (Wildman–Crippen MR) is 166 cm³/mol. The fraction of sp³-hybridized carbons (Fsp3) is 0.333. The molecule has 0 saturated carbocycles. The van der Waals surface area contributed by atoms with Gasteiger partial charge in [-0.2, -0.15) is 0 Å². The lowest BCUT2D eigenvalue weighted by Gasteiger charge is -2.52. The van der Waals surface area contributed by atoms with Crippen molar-refractivity contribution in [3.05, 3.63) is 80.9 Å². The molecular formula is C30H30N4O8S2. The highest BCUT2D eigenvalue weighted by Gasteiger charge is 2.57. The van der Waals surface area contributed by atoms with Crippen molar-refractivity contribution >= 4 is 68.4 Å². The zero-order chi connectivity index (χ0) is 31.8. The van der Waals surface area contributed by atoms with E-state index in [9.17, 15) is 29.3 Å². The maximum Gasteiger partial charge on any atom is 0.408 e. The van der Waals surface area contributed by atoms with Crippen molar-refractivity contribution in [2.75, 3.05) is 17.2 Å². The van der Waals surface area contributed by atoms with E-state index in [1.807, 2.05) is 17.5 Å². The SMILES string of the molecule is CC1=C(C(=O)OCc2ccc([N+](=O)[O-])cc2)N2C(=O)[C@@H](N(C(=O)CNC(=O)OC(C)(C)C)c3cccc4sccc34)[C@@H]2SC1. The topological polar surface area (TPSA) is 148 Å². The summed E-state index contributed by atoms with van der Waals surface area (Å²) in [6, 6.07) is 12.0. The van der Waals surface area contributed by atoms with Crippen LogP contribution in [0.3, 0.4) is 0 Å². The first-order chi connectivity index (χ1) is 20.9. The Morgan fingerprint density at radius 2 is 1.86 bits per heavy atom. The number of anilines is 1. The number of β-lactam (4-membered cyclic amide) rings is 1. The van der Waals surface area contributed by atoms with Gasteiger partial charge in [0.2, 0.25) is 5.91 Å². The summed E-state index contributed by atoms with van der Waals surface area (Å²) in [5.41, 5.74) is 0.996. The molecule has 2 atom stereocenters. The molecule has 0 unspecified atom stereocenters. The Kier molecular flexibility index (Phi) is 8.66. The third kappa shape index (κ3) is 6.26. The molecule has 5 rings (SSSR count). The number of nitrogens with one attached hydrogen (secondary N) is 1. The van der Waals surface area contributed by atoms with Gasteiger partial charge in [-0.05, 0) is 74.5 Å². The van der Waals surface area contributed by atoms with Gasteiger partial charge in [0.05, 0.1) is 10.6 Å². The number of hydrogen-bond acceptors (Lipinski definition) is 10. The van der Waals surface area contributed by atoms with Crippen LogP contribution in [-0.4, -0.2) is 63.0 Å². The van der Waals surface area contributed by atoms with Gasteiger partial charge in [0.1, 0.15) is 35.9 Å². The van der Waals surface area contributed by atoms with E-state index in [4.69, 9.17) is 9.47 Å². The van der Waals surface area contributed by atoms with Crippen molar-refractivity contribution in [1.82, 2.24) is 10.2 Å². The molecule has 0 radical (unpaired) electrons. The van der Waals surface area contributed by atoms with Crippen LogP contribution in [0.4, 0.5) is 16.2 Å². The van der Waals surface area contributed by atoms with Crippen LogP contribution in [0.1, 0.15) is 33.3 Å². The molecule has 12 nitrogen and oxygen atoms in total. The van der Waals surface area contributed by atoms with Gasteiger partial charge in [0.25, 0.3) is 11.6 Å². The van der Waals surface area contributed by atoms with Crippen molar-refractivity contribution < 1.29 is 33.6 Å². The summed E-state index contributed by atoms with van der Waals surface area (Å²) in [4.78, 5) is 66.4. The van der Waals surface area contributed by atoms with Crippen LogP contribution in [0.15, 0.2) is 65.2 Å². The molecule has 0 spiro atoms. The van der Waals surface area contributed by atoms with Crippen LogP contribution in [0, 0.1) is 10.1 Å². The molecule has 14 heteroatoms. The van der Waals surface area contributed by atoms with Crippen LogP contribution in [0.5, 0.6) is 0 Å². The molecule has 3 aromatic rings. The van der Waals surface area contributed by atoms with E-state index in [1.165, 1.54) is 57.2 Å². The highest BCUT2D eigenvalue weighted by molar-refractivity contribution is 8.00. The zero-order valence-electron chi connectivity index (χ0n) is 24.4. The second-order valence-corrected chi connectivity index (χ2v) is 13.3. The Morgan fingerprint density at radius 1 is 1.14 bits per heavy atom. The van der Waals surface area contributed by atoms with Gasteiger partial charge >= 0.3 is 12.1 Å². The molecule has 44 heavy (non-hydrogen) atoms. The minimum absolute atomic E-state index is 0.0819. The number of carbonyl (C=O) groups is 4. The van der Waals surface area contributed by atoms with Crippen molar-refractivity contribution in [2.24, 2.45) is 0 Å². The fourth-order valence-electron chi connectivity index (χ4n) is 4.95. The summed E-state index contributed by atoms with van der Waals surface area (Å²) in [5, 5.41) is 15.5. The maximum absolute atomic E-state index is 13.9. The summed E-state index contributed by atoms with van der Waals surface area (Å²) in [6.07, 6.45) is -0.759. The smallest absolute Gasteiger partial charge is 0.408 e. The highest BCUT2D eigenvalue weighted by atomic mass is 32.2. The van der Waals surface area contributed by atoms with Gasteiger partial charge in [-0.25, -0.2) is 9.59 Å². The van der Waals surface area contributed by atoms with Gasteiger partial charge in [0, 0.05) is 28.0 Å². The Morgan fingerprint density at radius 3 is 2.55 bits per heavy atom. The molecule has 1 N–H and O–H groups in total.